The van der Waals surface area contributed by atoms with Gasteiger partial charge in [0.05, 0.1) is 6.61 Å². The molecular formula is C15H16NO. The third-order valence-electron chi connectivity index (χ3n) is 2.70. The molecule has 1 radical (unpaired) electrons. The van der Waals surface area contributed by atoms with Crippen LogP contribution in [0.1, 0.15) is 5.56 Å². The summed E-state index contributed by atoms with van der Waals surface area (Å²) in [6.07, 6.45) is 0. The zero-order valence-corrected chi connectivity index (χ0v) is 9.75. The summed E-state index contributed by atoms with van der Waals surface area (Å²) in [4.78, 5) is 2.11. The highest BCUT2D eigenvalue weighted by Crippen LogP contribution is 2.16. The Bertz CT molecular complexity index is 427. The second-order valence-electron chi connectivity index (χ2n) is 3.95. The van der Waals surface area contributed by atoms with Gasteiger partial charge in [-0.05, 0) is 17.7 Å². The lowest BCUT2D eigenvalue weighted by Gasteiger charge is -2.23. The van der Waals surface area contributed by atoms with Gasteiger partial charge in [-0.2, -0.15) is 0 Å². The van der Waals surface area contributed by atoms with Crippen LogP contribution in [0.5, 0.6) is 0 Å². The zero-order valence-electron chi connectivity index (χ0n) is 9.75. The molecule has 2 aromatic carbocycles. The maximum atomic E-state index is 10.9. The van der Waals surface area contributed by atoms with E-state index in [9.17, 15) is 5.11 Å². The van der Waals surface area contributed by atoms with E-state index >= 15 is 0 Å². The molecule has 2 nitrogen and oxygen atoms in total. The van der Waals surface area contributed by atoms with E-state index < -0.39 is 0 Å². The third kappa shape index (κ3) is 3.33. The van der Waals surface area contributed by atoms with Crippen LogP contribution in [0, 0.1) is 0 Å². The van der Waals surface area contributed by atoms with Crippen LogP contribution in [0.25, 0.3) is 0 Å². The molecule has 0 aromatic heterocycles. The Morgan fingerprint density at radius 3 is 2.00 bits per heavy atom. The molecule has 0 bridgehead atoms. The van der Waals surface area contributed by atoms with Crippen LogP contribution >= 0.6 is 0 Å². The van der Waals surface area contributed by atoms with Gasteiger partial charge in [0.15, 0.2) is 0 Å². The summed E-state index contributed by atoms with van der Waals surface area (Å²) in [5.74, 6) is 0. The molecule has 0 spiro atoms. The summed E-state index contributed by atoms with van der Waals surface area (Å²) in [5.41, 5.74) is 2.33. The molecule has 0 aliphatic carbocycles. The summed E-state index contributed by atoms with van der Waals surface area (Å²) in [7, 11) is 0. The van der Waals surface area contributed by atoms with Gasteiger partial charge in [-0.1, -0.05) is 48.5 Å². The van der Waals surface area contributed by atoms with Crippen molar-refractivity contribution in [1.82, 2.24) is 0 Å². The van der Waals surface area contributed by atoms with Crippen molar-refractivity contribution in [2.45, 2.75) is 6.54 Å². The SMILES string of the molecule is [O]CCN(Cc1ccccc1)c1ccccc1. The maximum absolute atomic E-state index is 10.9. The van der Waals surface area contributed by atoms with Crippen LogP contribution in [0.2, 0.25) is 0 Å². The van der Waals surface area contributed by atoms with Gasteiger partial charge in [-0.3, -0.25) is 0 Å². The minimum atomic E-state index is -0.0816. The molecule has 0 heterocycles. The first-order valence-electron chi connectivity index (χ1n) is 5.82. The molecule has 0 atom stereocenters. The monoisotopic (exact) mass is 226 g/mol. The van der Waals surface area contributed by atoms with Gasteiger partial charge in [0, 0.05) is 18.8 Å². The second-order valence-corrected chi connectivity index (χ2v) is 3.95. The standard InChI is InChI=1S/C15H16NO/c17-12-11-16(15-9-5-2-6-10-15)13-14-7-3-1-4-8-14/h1-10H,11-13H2. The number of hydrogen-bond acceptors (Lipinski definition) is 1. The minimum absolute atomic E-state index is 0.0816. The first kappa shape index (κ1) is 11.7. The number of para-hydroxylation sites is 1. The Morgan fingerprint density at radius 2 is 1.41 bits per heavy atom. The van der Waals surface area contributed by atoms with E-state index in [1.807, 2.05) is 48.5 Å². The van der Waals surface area contributed by atoms with Gasteiger partial charge in [0.2, 0.25) is 0 Å². The Kier molecular flexibility index (Phi) is 4.17. The summed E-state index contributed by atoms with van der Waals surface area (Å²) in [5, 5.41) is 10.9. The van der Waals surface area contributed by atoms with Crippen molar-refractivity contribution in [2.75, 3.05) is 18.1 Å². The van der Waals surface area contributed by atoms with Crippen LogP contribution in [-0.2, 0) is 11.7 Å². The molecular weight excluding hydrogens is 210 g/mol. The number of rotatable bonds is 5. The summed E-state index contributed by atoms with van der Waals surface area (Å²) < 4.78 is 0. The van der Waals surface area contributed by atoms with Crippen molar-refractivity contribution in [3.63, 3.8) is 0 Å². The Labute approximate surface area is 102 Å². The molecule has 0 fully saturated rings. The number of nitrogens with zero attached hydrogens (tertiary/aromatic N) is 1. The van der Waals surface area contributed by atoms with Crippen molar-refractivity contribution in [2.24, 2.45) is 0 Å². The molecule has 2 heteroatoms. The third-order valence-corrected chi connectivity index (χ3v) is 2.70. The van der Waals surface area contributed by atoms with Crippen molar-refractivity contribution in [1.29, 1.82) is 0 Å². The van der Waals surface area contributed by atoms with Crippen LogP contribution in [0.3, 0.4) is 0 Å². The molecule has 87 valence electrons. The van der Waals surface area contributed by atoms with E-state index in [4.69, 9.17) is 0 Å². The van der Waals surface area contributed by atoms with Crippen LogP contribution in [-0.4, -0.2) is 13.2 Å². The Morgan fingerprint density at radius 1 is 0.824 bits per heavy atom. The lowest BCUT2D eigenvalue weighted by atomic mass is 10.2. The van der Waals surface area contributed by atoms with Crippen LogP contribution in [0.15, 0.2) is 60.7 Å². The highest BCUT2D eigenvalue weighted by molar-refractivity contribution is 5.46. The van der Waals surface area contributed by atoms with Gasteiger partial charge < -0.3 is 4.90 Å². The van der Waals surface area contributed by atoms with E-state index in [1.54, 1.807) is 0 Å². The van der Waals surface area contributed by atoms with Gasteiger partial charge in [0.1, 0.15) is 0 Å². The van der Waals surface area contributed by atoms with E-state index in [-0.39, 0.29) is 6.61 Å². The lowest BCUT2D eigenvalue weighted by Crippen LogP contribution is -2.25. The number of benzene rings is 2. The molecule has 0 N–H and O–H groups in total. The Hall–Kier alpha value is -1.80. The fourth-order valence-corrected chi connectivity index (χ4v) is 1.85. The maximum Gasteiger partial charge on any atom is 0.0997 e. The average Bonchev–Trinajstić information content (AvgIpc) is 2.40. The average molecular weight is 226 g/mol. The molecule has 0 aliphatic rings. The van der Waals surface area contributed by atoms with E-state index in [0.29, 0.717) is 6.54 Å². The van der Waals surface area contributed by atoms with Crippen LogP contribution < -0.4 is 4.90 Å². The molecule has 0 aliphatic heterocycles. The fraction of sp³-hybridized carbons (Fsp3) is 0.200. The number of anilines is 1. The normalized spacial score (nSPS) is 10.2. The number of hydrogen-bond donors (Lipinski definition) is 0. The molecule has 0 unspecified atom stereocenters. The van der Waals surface area contributed by atoms with Gasteiger partial charge in [0.25, 0.3) is 0 Å². The predicted octanol–water partition coefficient (Wildman–Crippen LogP) is 3.12. The molecule has 0 saturated heterocycles. The molecule has 0 amide bonds. The fourth-order valence-electron chi connectivity index (χ4n) is 1.85. The zero-order chi connectivity index (χ0) is 11.9. The topological polar surface area (TPSA) is 23.1 Å². The van der Waals surface area contributed by atoms with Crippen molar-refractivity contribution >= 4 is 5.69 Å². The van der Waals surface area contributed by atoms with E-state index in [0.717, 1.165) is 12.2 Å². The summed E-state index contributed by atoms with van der Waals surface area (Å²) in [6, 6.07) is 20.3. The van der Waals surface area contributed by atoms with E-state index in [1.165, 1.54) is 5.56 Å². The smallest absolute Gasteiger partial charge is 0.0997 e. The quantitative estimate of drug-likeness (QED) is 0.768. The van der Waals surface area contributed by atoms with Crippen molar-refractivity contribution < 1.29 is 5.11 Å². The van der Waals surface area contributed by atoms with E-state index in [2.05, 4.69) is 17.0 Å². The predicted molar refractivity (Wildman–Crippen MR) is 69.5 cm³/mol. The highest BCUT2D eigenvalue weighted by Gasteiger charge is 2.05. The highest BCUT2D eigenvalue weighted by atomic mass is 16.3. The second kappa shape index (κ2) is 6.06. The van der Waals surface area contributed by atoms with Crippen LogP contribution in [0.4, 0.5) is 5.69 Å². The first-order chi connectivity index (χ1) is 8.40. The minimum Gasteiger partial charge on any atom is -0.365 e. The molecule has 2 rings (SSSR count). The molecule has 0 saturated carbocycles. The molecule has 17 heavy (non-hydrogen) atoms. The van der Waals surface area contributed by atoms with Gasteiger partial charge in [-0.25, -0.2) is 5.11 Å². The Balaban J connectivity index is 2.13. The molecule has 2 aromatic rings. The first-order valence-corrected chi connectivity index (χ1v) is 5.82. The van der Waals surface area contributed by atoms with Gasteiger partial charge in [-0.15, -0.1) is 0 Å². The van der Waals surface area contributed by atoms with Crippen molar-refractivity contribution in [3.8, 4) is 0 Å². The summed E-state index contributed by atoms with van der Waals surface area (Å²) in [6.45, 7) is 1.24. The summed E-state index contributed by atoms with van der Waals surface area (Å²) >= 11 is 0. The van der Waals surface area contributed by atoms with Crippen molar-refractivity contribution in [3.05, 3.63) is 66.2 Å². The lowest BCUT2D eigenvalue weighted by molar-refractivity contribution is 0.200. The van der Waals surface area contributed by atoms with Gasteiger partial charge >= 0.3 is 0 Å². The largest absolute Gasteiger partial charge is 0.365 e.